The molecule has 2 aliphatic heterocycles. The third-order valence-corrected chi connectivity index (χ3v) is 10.7. The third kappa shape index (κ3) is 14.5. The van der Waals surface area contributed by atoms with Gasteiger partial charge in [-0.25, -0.2) is 0 Å². The van der Waals surface area contributed by atoms with Crippen molar-refractivity contribution in [1.82, 2.24) is 15.1 Å². The van der Waals surface area contributed by atoms with Crippen LogP contribution >= 0.6 is 23.2 Å². The van der Waals surface area contributed by atoms with Crippen molar-refractivity contribution in [2.75, 3.05) is 46.3 Å². The molecule has 0 saturated carbocycles. The Labute approximate surface area is 319 Å². The Bertz CT molecular complexity index is 1520. The second kappa shape index (κ2) is 22.8. The van der Waals surface area contributed by atoms with Crippen molar-refractivity contribution < 1.29 is 4.79 Å². The number of carbonyl (C=O) groups excluding carboxylic acids is 1. The molecular weight excluding hydrogens is 669 g/mol. The van der Waals surface area contributed by atoms with Gasteiger partial charge in [-0.2, -0.15) is 0 Å². The van der Waals surface area contributed by atoms with E-state index < -0.39 is 0 Å². The van der Waals surface area contributed by atoms with Crippen LogP contribution in [0.1, 0.15) is 86.5 Å². The molecule has 3 atom stereocenters. The fourth-order valence-corrected chi connectivity index (χ4v) is 7.61. The number of likely N-dealkylation sites (N-methyl/N-ethyl adjacent to an activating group) is 1. The molecule has 0 bridgehead atoms. The number of benzene rings is 4. The Hall–Kier alpha value is -2.99. The van der Waals surface area contributed by atoms with Crippen molar-refractivity contribution >= 4 is 29.0 Å². The van der Waals surface area contributed by atoms with Gasteiger partial charge >= 0.3 is 0 Å². The number of Topliss-reactive ketones (excluding diaryl/α,β-unsaturated/α-hetero) is 1. The molecule has 6 heteroatoms. The minimum atomic E-state index is 0. The van der Waals surface area contributed by atoms with Gasteiger partial charge in [0.25, 0.3) is 0 Å². The van der Waals surface area contributed by atoms with Gasteiger partial charge in [0, 0.05) is 41.3 Å². The summed E-state index contributed by atoms with van der Waals surface area (Å²) in [6.45, 7) is 6.09. The van der Waals surface area contributed by atoms with Gasteiger partial charge in [-0.15, -0.1) is 0 Å². The predicted molar refractivity (Wildman–Crippen MR) is 220 cm³/mol. The lowest BCUT2D eigenvalue weighted by Crippen LogP contribution is -2.40. The molecule has 6 rings (SSSR count). The van der Waals surface area contributed by atoms with Crippen LogP contribution in [0, 0.1) is 11.8 Å². The van der Waals surface area contributed by atoms with Crippen LogP contribution in [-0.4, -0.2) is 61.9 Å². The largest absolute Gasteiger partial charge is 0.312 e. The number of aryl methyl sites for hydroxylation is 2. The van der Waals surface area contributed by atoms with Gasteiger partial charge in [-0.3, -0.25) is 9.69 Å². The van der Waals surface area contributed by atoms with Crippen LogP contribution < -0.4 is 5.32 Å². The molecule has 1 unspecified atom stereocenters. The molecule has 2 fully saturated rings. The zero-order valence-corrected chi connectivity index (χ0v) is 30.6. The number of likely N-dealkylation sites (tertiary alicyclic amines) is 2. The average Bonchev–Trinajstić information content (AvgIpc) is 3.14. The van der Waals surface area contributed by atoms with E-state index >= 15 is 0 Å². The van der Waals surface area contributed by atoms with Gasteiger partial charge in [-0.05, 0) is 136 Å². The van der Waals surface area contributed by atoms with Crippen LogP contribution in [0.25, 0.3) is 0 Å². The van der Waals surface area contributed by atoms with Crippen molar-refractivity contribution in [3.05, 3.63) is 141 Å². The minimum Gasteiger partial charge on any atom is -0.312 e. The SMILES string of the molecule is C.C.CNC(CN1CCC[C@@H](CCc2ccccc2)C1)c1ccc(Cl)cc1.O=C(CN1CCC[C@@H](CCc2ccccc2)C1)c1ccc(Cl)cc1. The first kappa shape index (κ1) is 42.4. The molecule has 2 aliphatic rings. The number of hydrogen-bond donors (Lipinski definition) is 1. The summed E-state index contributed by atoms with van der Waals surface area (Å²) in [5.74, 6) is 1.70. The van der Waals surface area contributed by atoms with E-state index in [1.54, 1.807) is 12.1 Å². The zero-order valence-electron chi connectivity index (χ0n) is 29.1. The van der Waals surface area contributed by atoms with Crippen LogP contribution in [0.3, 0.4) is 0 Å². The average molecular weight is 731 g/mol. The van der Waals surface area contributed by atoms with E-state index in [0.717, 1.165) is 42.6 Å². The summed E-state index contributed by atoms with van der Waals surface area (Å²) in [4.78, 5) is 17.4. The van der Waals surface area contributed by atoms with Crippen LogP contribution in [0.15, 0.2) is 109 Å². The maximum absolute atomic E-state index is 12.4. The molecule has 0 spiro atoms. The number of nitrogens with one attached hydrogen (secondary N) is 1. The molecule has 4 nitrogen and oxygen atoms in total. The molecule has 0 aliphatic carbocycles. The van der Waals surface area contributed by atoms with E-state index in [2.05, 4.69) is 95.0 Å². The van der Waals surface area contributed by atoms with Crippen molar-refractivity contribution in [1.29, 1.82) is 0 Å². The zero-order chi connectivity index (χ0) is 34.3. The first-order valence-electron chi connectivity index (χ1n) is 18.2. The maximum Gasteiger partial charge on any atom is 0.176 e. The first-order valence-corrected chi connectivity index (χ1v) is 18.9. The van der Waals surface area contributed by atoms with Crippen molar-refractivity contribution in [2.45, 2.75) is 72.3 Å². The monoisotopic (exact) mass is 729 g/mol. The van der Waals surface area contributed by atoms with Gasteiger partial charge in [0.1, 0.15) is 0 Å². The molecule has 0 radical (unpaired) electrons. The standard InChI is InChI=1S/C22H29ClN2.C21H24ClNO.2CH4/c1-24-22(20-11-13-21(23)14-12-20)17-25-15-5-8-19(16-25)10-9-18-6-3-2-4-7-18;22-20-12-10-19(11-13-20)21(24)16-23-14-4-7-18(15-23)9-8-17-5-2-1-3-6-17;;/h2-4,6-7,11-14,19,22,24H,5,8-10,15-17H2,1H3;1-3,5-6,10-13,18H,4,7-9,14-16H2;2*1H4/t19-,22?;18-;;/m00../s1. The van der Waals surface area contributed by atoms with E-state index in [1.165, 1.54) is 74.7 Å². The molecular formula is C45H61Cl2N3O. The van der Waals surface area contributed by atoms with Gasteiger partial charge < -0.3 is 10.2 Å². The summed E-state index contributed by atoms with van der Waals surface area (Å²) >= 11 is 11.9. The number of piperidine rings is 2. The Balaban J connectivity index is 0.000000265. The van der Waals surface area contributed by atoms with E-state index in [0.29, 0.717) is 23.5 Å². The van der Waals surface area contributed by atoms with Crippen LogP contribution in [0.2, 0.25) is 10.0 Å². The Kier molecular flexibility index (Phi) is 19.0. The van der Waals surface area contributed by atoms with Crippen LogP contribution in [0.4, 0.5) is 0 Å². The highest BCUT2D eigenvalue weighted by molar-refractivity contribution is 6.30. The van der Waals surface area contributed by atoms with Crippen molar-refractivity contribution in [3.63, 3.8) is 0 Å². The van der Waals surface area contributed by atoms with Crippen LogP contribution in [-0.2, 0) is 12.8 Å². The van der Waals surface area contributed by atoms with Crippen LogP contribution in [0.5, 0.6) is 0 Å². The molecule has 4 aromatic rings. The maximum atomic E-state index is 12.4. The van der Waals surface area contributed by atoms with E-state index in [9.17, 15) is 4.79 Å². The Morgan fingerprint density at radius 3 is 1.67 bits per heavy atom. The second-order valence-electron chi connectivity index (χ2n) is 13.9. The van der Waals surface area contributed by atoms with Crippen molar-refractivity contribution in [3.8, 4) is 0 Å². The summed E-state index contributed by atoms with van der Waals surface area (Å²) in [7, 11) is 2.05. The normalized spacial score (nSPS) is 18.3. The Morgan fingerprint density at radius 2 is 1.16 bits per heavy atom. The molecule has 0 amide bonds. The highest BCUT2D eigenvalue weighted by Crippen LogP contribution is 2.25. The summed E-state index contributed by atoms with van der Waals surface area (Å²) in [5.41, 5.74) is 4.95. The quantitative estimate of drug-likeness (QED) is 0.139. The molecule has 1 N–H and O–H groups in total. The Morgan fingerprint density at radius 1 is 0.686 bits per heavy atom. The third-order valence-electron chi connectivity index (χ3n) is 10.2. The smallest absolute Gasteiger partial charge is 0.176 e. The highest BCUT2D eigenvalue weighted by atomic mass is 35.5. The van der Waals surface area contributed by atoms with E-state index in [4.69, 9.17) is 23.2 Å². The lowest BCUT2D eigenvalue weighted by Gasteiger charge is -2.35. The van der Waals surface area contributed by atoms with Gasteiger partial charge in [0.05, 0.1) is 6.54 Å². The summed E-state index contributed by atoms with van der Waals surface area (Å²) in [6.07, 6.45) is 9.98. The second-order valence-corrected chi connectivity index (χ2v) is 14.8. The molecule has 4 aromatic carbocycles. The topological polar surface area (TPSA) is 35.6 Å². The van der Waals surface area contributed by atoms with E-state index in [1.807, 2.05) is 24.3 Å². The fraction of sp³-hybridized carbons (Fsp3) is 0.444. The fourth-order valence-electron chi connectivity index (χ4n) is 7.36. The lowest BCUT2D eigenvalue weighted by molar-refractivity contribution is 0.0882. The van der Waals surface area contributed by atoms with E-state index in [-0.39, 0.29) is 20.6 Å². The molecule has 51 heavy (non-hydrogen) atoms. The number of carbonyl (C=O) groups is 1. The number of hydrogen-bond acceptors (Lipinski definition) is 4. The number of nitrogens with zero attached hydrogens (tertiary/aromatic N) is 2. The van der Waals surface area contributed by atoms with Gasteiger partial charge in [0.2, 0.25) is 0 Å². The molecule has 0 aromatic heterocycles. The van der Waals surface area contributed by atoms with Crippen molar-refractivity contribution in [2.24, 2.45) is 11.8 Å². The summed E-state index contributed by atoms with van der Waals surface area (Å²) in [5, 5.41) is 4.95. The number of ketones is 1. The summed E-state index contributed by atoms with van der Waals surface area (Å²) < 4.78 is 0. The molecule has 276 valence electrons. The predicted octanol–water partition coefficient (Wildman–Crippen LogP) is 11.1. The summed E-state index contributed by atoms with van der Waals surface area (Å²) in [6, 6.07) is 37.4. The first-order chi connectivity index (χ1) is 23.9. The van der Waals surface area contributed by atoms with Gasteiger partial charge in [-0.1, -0.05) is 111 Å². The minimum absolute atomic E-state index is 0. The molecule has 2 heterocycles. The lowest BCUT2D eigenvalue weighted by atomic mass is 9.91. The number of halogens is 2. The highest BCUT2D eigenvalue weighted by Gasteiger charge is 2.23. The van der Waals surface area contributed by atoms with Gasteiger partial charge in [0.15, 0.2) is 5.78 Å². The number of rotatable bonds is 13. The molecule has 2 saturated heterocycles.